The van der Waals surface area contributed by atoms with E-state index in [1.165, 1.54) is 7.11 Å². The van der Waals surface area contributed by atoms with Crippen LogP contribution in [-0.2, 0) is 9.53 Å². The molecule has 0 amide bonds. The van der Waals surface area contributed by atoms with Gasteiger partial charge in [0.15, 0.2) is 5.66 Å². The second-order valence-corrected chi connectivity index (χ2v) is 2.58. The largest absolute Gasteiger partial charge is 0.467 e. The summed E-state index contributed by atoms with van der Waals surface area (Å²) >= 11 is 0. The first-order chi connectivity index (χ1) is 4.42. The molecule has 0 aliphatic heterocycles. The summed E-state index contributed by atoms with van der Waals surface area (Å²) in [5.41, 5.74) is 9.48. The maximum Gasteiger partial charge on any atom is 0.340 e. The van der Waals surface area contributed by atoms with Gasteiger partial charge in [-0.2, -0.15) is 0 Å². The Morgan fingerprint density at radius 2 is 1.90 bits per heavy atom. The van der Waals surface area contributed by atoms with Crippen molar-refractivity contribution in [2.75, 3.05) is 7.11 Å². The van der Waals surface area contributed by atoms with Crippen LogP contribution in [0.15, 0.2) is 0 Å². The third-order valence-corrected chi connectivity index (χ3v) is 1.49. The molecule has 4 N–H and O–H groups in total. The summed E-state index contributed by atoms with van der Waals surface area (Å²) in [6.45, 7) is 3.52. The molecule has 0 aliphatic rings. The van der Waals surface area contributed by atoms with Gasteiger partial charge in [0.25, 0.3) is 0 Å². The molecular weight excluding hydrogens is 132 g/mol. The van der Waals surface area contributed by atoms with Crippen molar-refractivity contribution in [3.63, 3.8) is 0 Å². The van der Waals surface area contributed by atoms with Crippen molar-refractivity contribution >= 4 is 5.97 Å². The van der Waals surface area contributed by atoms with Gasteiger partial charge in [-0.15, -0.1) is 0 Å². The minimum absolute atomic E-state index is 0.125. The molecule has 60 valence electrons. The van der Waals surface area contributed by atoms with E-state index in [1.54, 1.807) is 13.8 Å². The highest BCUT2D eigenvalue weighted by Gasteiger charge is 2.33. The van der Waals surface area contributed by atoms with Crippen molar-refractivity contribution in [2.24, 2.45) is 17.4 Å². The second-order valence-electron chi connectivity index (χ2n) is 2.58. The normalized spacial score (nSPS) is 11.8. The number of carbonyl (C=O) groups is 1. The Kier molecular flexibility index (Phi) is 2.80. The lowest BCUT2D eigenvalue weighted by Crippen LogP contribution is -2.60. The fourth-order valence-electron chi connectivity index (χ4n) is 0.412. The first-order valence-corrected chi connectivity index (χ1v) is 3.09. The Bertz CT molecular complexity index is 132. The summed E-state index contributed by atoms with van der Waals surface area (Å²) in [6.07, 6.45) is 0. The first kappa shape index (κ1) is 9.39. The van der Waals surface area contributed by atoms with Crippen LogP contribution in [0, 0.1) is 5.92 Å². The topological polar surface area (TPSA) is 78.3 Å². The molecule has 0 unspecified atom stereocenters. The van der Waals surface area contributed by atoms with Gasteiger partial charge in [0.05, 0.1) is 7.11 Å². The first-order valence-electron chi connectivity index (χ1n) is 3.09. The number of hydrogen-bond donors (Lipinski definition) is 2. The van der Waals surface area contributed by atoms with Gasteiger partial charge in [-0.05, 0) is 5.92 Å². The maximum atomic E-state index is 10.8. The summed E-state index contributed by atoms with van der Waals surface area (Å²) in [5, 5.41) is 0. The van der Waals surface area contributed by atoms with Gasteiger partial charge in [0.2, 0.25) is 0 Å². The van der Waals surface area contributed by atoms with E-state index < -0.39 is 11.6 Å². The summed E-state index contributed by atoms with van der Waals surface area (Å²) in [5.74, 6) is -0.706. The quantitative estimate of drug-likeness (QED) is 0.404. The number of ether oxygens (including phenoxy) is 1. The molecule has 0 saturated heterocycles. The molecule has 0 aromatic heterocycles. The van der Waals surface area contributed by atoms with E-state index >= 15 is 0 Å². The molecule has 0 fully saturated rings. The van der Waals surface area contributed by atoms with E-state index in [0.717, 1.165) is 0 Å². The summed E-state index contributed by atoms with van der Waals surface area (Å²) in [6, 6.07) is 0. The smallest absolute Gasteiger partial charge is 0.340 e. The van der Waals surface area contributed by atoms with Crippen LogP contribution in [0.3, 0.4) is 0 Å². The Morgan fingerprint density at radius 3 is 2.00 bits per heavy atom. The van der Waals surface area contributed by atoms with Crippen molar-refractivity contribution in [3.8, 4) is 0 Å². The van der Waals surface area contributed by atoms with Crippen LogP contribution in [0.25, 0.3) is 0 Å². The molecule has 0 saturated carbocycles. The van der Waals surface area contributed by atoms with E-state index in [0.29, 0.717) is 0 Å². The number of rotatable bonds is 2. The summed E-state index contributed by atoms with van der Waals surface area (Å²) in [7, 11) is 1.26. The highest BCUT2D eigenvalue weighted by Crippen LogP contribution is 2.07. The van der Waals surface area contributed by atoms with Crippen LogP contribution in [0.2, 0.25) is 0 Å². The van der Waals surface area contributed by atoms with Gasteiger partial charge in [-0.25, -0.2) is 4.79 Å². The zero-order valence-electron chi connectivity index (χ0n) is 6.55. The molecule has 0 radical (unpaired) electrons. The lowest BCUT2D eigenvalue weighted by Gasteiger charge is -2.24. The minimum Gasteiger partial charge on any atom is -0.467 e. The van der Waals surface area contributed by atoms with Crippen LogP contribution in [0.5, 0.6) is 0 Å². The Morgan fingerprint density at radius 1 is 1.50 bits per heavy atom. The van der Waals surface area contributed by atoms with E-state index in [9.17, 15) is 4.79 Å². The average Bonchev–Trinajstić information content (AvgIpc) is 1.86. The zero-order chi connectivity index (χ0) is 8.36. The fourth-order valence-corrected chi connectivity index (χ4v) is 0.412. The predicted molar refractivity (Wildman–Crippen MR) is 38.0 cm³/mol. The van der Waals surface area contributed by atoms with Crippen LogP contribution >= 0.6 is 0 Å². The third kappa shape index (κ3) is 1.68. The average molecular weight is 146 g/mol. The molecule has 4 heteroatoms. The number of nitrogens with two attached hydrogens (primary N) is 2. The lowest BCUT2D eigenvalue weighted by molar-refractivity contribution is -0.148. The molecule has 0 aromatic carbocycles. The molecule has 0 atom stereocenters. The SMILES string of the molecule is COC(=O)C(N)(N)C(C)C. The fraction of sp³-hybridized carbons (Fsp3) is 0.833. The molecule has 4 nitrogen and oxygen atoms in total. The molecule has 0 rings (SSSR count). The van der Waals surface area contributed by atoms with E-state index in [2.05, 4.69) is 4.74 Å². The Hall–Kier alpha value is -0.610. The molecule has 0 aromatic rings. The Labute approximate surface area is 60.5 Å². The van der Waals surface area contributed by atoms with Crippen molar-refractivity contribution in [1.82, 2.24) is 0 Å². The Balaban J connectivity index is 4.24. The van der Waals surface area contributed by atoms with Crippen LogP contribution < -0.4 is 11.5 Å². The number of methoxy groups -OCH3 is 1. The van der Waals surface area contributed by atoms with Crippen LogP contribution in [0.1, 0.15) is 13.8 Å². The monoisotopic (exact) mass is 146 g/mol. The minimum atomic E-state index is -1.35. The lowest BCUT2D eigenvalue weighted by atomic mass is 9.99. The summed E-state index contributed by atoms with van der Waals surface area (Å²) < 4.78 is 4.39. The van der Waals surface area contributed by atoms with Crippen molar-refractivity contribution in [2.45, 2.75) is 19.5 Å². The van der Waals surface area contributed by atoms with Crippen molar-refractivity contribution in [1.29, 1.82) is 0 Å². The predicted octanol–water partition coefficient (Wildman–Crippen LogP) is -0.571. The molecular formula is C6H14N2O2. The van der Waals surface area contributed by atoms with E-state index in [4.69, 9.17) is 11.5 Å². The standard InChI is InChI=1S/C6H14N2O2/c1-4(2)6(7,8)5(9)10-3/h4H,7-8H2,1-3H3. The van der Waals surface area contributed by atoms with Gasteiger partial charge in [0.1, 0.15) is 0 Å². The number of carbonyl (C=O) groups excluding carboxylic acids is 1. The van der Waals surface area contributed by atoms with Gasteiger partial charge in [0, 0.05) is 0 Å². The highest BCUT2D eigenvalue weighted by atomic mass is 16.5. The zero-order valence-corrected chi connectivity index (χ0v) is 6.55. The number of hydrogen-bond acceptors (Lipinski definition) is 4. The van der Waals surface area contributed by atoms with Crippen molar-refractivity contribution < 1.29 is 9.53 Å². The van der Waals surface area contributed by atoms with Crippen LogP contribution in [-0.4, -0.2) is 18.7 Å². The van der Waals surface area contributed by atoms with E-state index in [1.807, 2.05) is 0 Å². The summed E-state index contributed by atoms with van der Waals surface area (Å²) in [4.78, 5) is 10.8. The van der Waals surface area contributed by atoms with E-state index in [-0.39, 0.29) is 5.92 Å². The van der Waals surface area contributed by atoms with Crippen molar-refractivity contribution in [3.05, 3.63) is 0 Å². The highest BCUT2D eigenvalue weighted by molar-refractivity contribution is 5.79. The molecule has 10 heavy (non-hydrogen) atoms. The molecule has 0 aliphatic carbocycles. The third-order valence-electron chi connectivity index (χ3n) is 1.49. The van der Waals surface area contributed by atoms with Gasteiger partial charge in [-0.3, -0.25) is 0 Å². The number of esters is 1. The van der Waals surface area contributed by atoms with Gasteiger partial charge >= 0.3 is 5.97 Å². The molecule has 0 bridgehead atoms. The maximum absolute atomic E-state index is 10.8. The van der Waals surface area contributed by atoms with Gasteiger partial charge in [-0.1, -0.05) is 13.8 Å². The van der Waals surface area contributed by atoms with Gasteiger partial charge < -0.3 is 16.2 Å². The second kappa shape index (κ2) is 2.98. The van der Waals surface area contributed by atoms with Crippen LogP contribution in [0.4, 0.5) is 0 Å². The molecule has 0 spiro atoms. The molecule has 0 heterocycles.